The normalized spacial score (nSPS) is 14.1. The highest BCUT2D eigenvalue weighted by molar-refractivity contribution is 7.47. The van der Waals surface area contributed by atoms with E-state index in [2.05, 4.69) is 31.3 Å². The number of hydrogen-bond donors (Lipinski definition) is 3. The molecule has 392 valence electrons. The molecule has 0 aliphatic carbocycles. The first-order valence-corrected chi connectivity index (χ1v) is 30.2. The van der Waals surface area contributed by atoms with Crippen molar-refractivity contribution in [3.05, 3.63) is 24.3 Å². The number of rotatable bonds is 53. The van der Waals surface area contributed by atoms with Crippen LogP contribution < -0.4 is 5.32 Å². The van der Waals surface area contributed by atoms with Crippen molar-refractivity contribution in [2.75, 3.05) is 40.9 Å². The van der Waals surface area contributed by atoms with Crippen LogP contribution >= 0.6 is 7.82 Å². The summed E-state index contributed by atoms with van der Waals surface area (Å²) >= 11 is 0. The molecule has 3 N–H and O–H groups in total. The molecule has 0 heterocycles. The van der Waals surface area contributed by atoms with Gasteiger partial charge in [-0.25, -0.2) is 4.57 Å². The van der Waals surface area contributed by atoms with Crippen LogP contribution in [0.2, 0.25) is 0 Å². The largest absolute Gasteiger partial charge is 0.472 e. The van der Waals surface area contributed by atoms with Gasteiger partial charge in [0.1, 0.15) is 13.2 Å². The third kappa shape index (κ3) is 50.8. The van der Waals surface area contributed by atoms with Gasteiger partial charge < -0.3 is 19.8 Å². The average molecular weight is 955 g/mol. The molecule has 0 aromatic carbocycles. The fourth-order valence-corrected chi connectivity index (χ4v) is 9.36. The van der Waals surface area contributed by atoms with E-state index in [0.717, 1.165) is 32.1 Å². The maximum atomic E-state index is 13.0. The lowest BCUT2D eigenvalue weighted by atomic mass is 10.0. The second kappa shape index (κ2) is 49.0. The van der Waals surface area contributed by atoms with Gasteiger partial charge in [-0.15, -0.1) is 0 Å². The Balaban J connectivity index is 4.18. The van der Waals surface area contributed by atoms with Crippen LogP contribution in [-0.4, -0.2) is 73.4 Å². The number of nitrogens with one attached hydrogen (secondary N) is 1. The Morgan fingerprint density at radius 3 is 1.17 bits per heavy atom. The summed E-state index contributed by atoms with van der Waals surface area (Å²) in [5, 5.41) is 13.9. The van der Waals surface area contributed by atoms with Gasteiger partial charge in [0.25, 0.3) is 0 Å². The van der Waals surface area contributed by atoms with E-state index in [4.69, 9.17) is 9.05 Å². The monoisotopic (exact) mass is 954 g/mol. The van der Waals surface area contributed by atoms with Gasteiger partial charge in [0.15, 0.2) is 0 Å². The number of allylic oxidation sites excluding steroid dienone is 3. The van der Waals surface area contributed by atoms with Crippen LogP contribution in [0.3, 0.4) is 0 Å². The molecule has 0 aromatic rings. The molecule has 0 radical (unpaired) electrons. The summed E-state index contributed by atoms with van der Waals surface area (Å²) in [5.74, 6) is -0.173. The van der Waals surface area contributed by atoms with E-state index in [-0.39, 0.29) is 19.1 Å². The van der Waals surface area contributed by atoms with Gasteiger partial charge in [0.05, 0.1) is 39.9 Å². The number of hydrogen-bond acceptors (Lipinski definition) is 5. The third-order valence-electron chi connectivity index (χ3n) is 13.2. The quantitative estimate of drug-likeness (QED) is 0.0243. The molecule has 8 nitrogen and oxygen atoms in total. The number of phosphoric ester groups is 1. The minimum absolute atomic E-state index is 0.0635. The number of carbonyl (C=O) groups excluding carboxylic acids is 1. The summed E-state index contributed by atoms with van der Waals surface area (Å²) in [6, 6.07) is -0.844. The Kier molecular flexibility index (Phi) is 48.2. The number of unbranched alkanes of at least 4 members (excludes halogenated alkanes) is 38. The molecular weight excluding hydrogens is 840 g/mol. The number of aliphatic hydroxyl groups excluding tert-OH is 1. The number of likely N-dealkylation sites (N-methyl/N-ethyl adjacent to an activating group) is 1. The highest BCUT2D eigenvalue weighted by Crippen LogP contribution is 2.43. The van der Waals surface area contributed by atoms with Crippen molar-refractivity contribution >= 4 is 13.7 Å². The SMILES string of the molecule is CCCCCCCCCC/C=C\CCCCCCCCCCCCCCCC(=O)NC(COP(=O)(O)OCC[N+](C)(C)C)C(O)/C=C/CCCCCCCCCCCCCCCCCCC. The van der Waals surface area contributed by atoms with E-state index in [1.807, 2.05) is 27.2 Å². The lowest BCUT2D eigenvalue weighted by molar-refractivity contribution is -0.870. The lowest BCUT2D eigenvalue weighted by Crippen LogP contribution is -2.45. The average Bonchev–Trinajstić information content (AvgIpc) is 3.28. The third-order valence-corrected chi connectivity index (χ3v) is 14.1. The number of carbonyl (C=O) groups is 1. The molecule has 1 amide bonds. The Labute approximate surface area is 411 Å². The lowest BCUT2D eigenvalue weighted by Gasteiger charge is -2.25. The molecule has 0 rings (SSSR count). The molecule has 0 aromatic heterocycles. The molecule has 0 bridgehead atoms. The summed E-state index contributed by atoms with van der Waals surface area (Å²) in [6.07, 6.45) is 61.3. The maximum absolute atomic E-state index is 13.0. The van der Waals surface area contributed by atoms with Gasteiger partial charge in [-0.2, -0.15) is 0 Å². The second-order valence-electron chi connectivity index (χ2n) is 21.0. The van der Waals surface area contributed by atoms with Crippen LogP contribution in [0.1, 0.15) is 284 Å². The highest BCUT2D eigenvalue weighted by atomic mass is 31.2. The zero-order valence-electron chi connectivity index (χ0n) is 44.7. The number of nitrogens with zero attached hydrogens (tertiary/aromatic N) is 1. The number of aliphatic hydroxyl groups is 1. The first kappa shape index (κ1) is 65.0. The first-order chi connectivity index (χ1) is 32.0. The van der Waals surface area contributed by atoms with E-state index >= 15 is 0 Å². The van der Waals surface area contributed by atoms with Crippen LogP contribution in [0.25, 0.3) is 0 Å². The van der Waals surface area contributed by atoms with Gasteiger partial charge in [0.2, 0.25) is 5.91 Å². The zero-order valence-corrected chi connectivity index (χ0v) is 45.6. The molecule has 3 unspecified atom stereocenters. The minimum atomic E-state index is -4.34. The van der Waals surface area contributed by atoms with E-state index in [1.54, 1.807) is 6.08 Å². The summed E-state index contributed by atoms with van der Waals surface area (Å²) in [4.78, 5) is 23.3. The van der Waals surface area contributed by atoms with E-state index < -0.39 is 20.0 Å². The smallest absolute Gasteiger partial charge is 0.387 e. The molecule has 3 atom stereocenters. The Bertz CT molecular complexity index is 1130. The highest BCUT2D eigenvalue weighted by Gasteiger charge is 2.27. The molecule has 0 saturated carbocycles. The van der Waals surface area contributed by atoms with Gasteiger partial charge in [-0.05, 0) is 44.9 Å². The molecular formula is C57H114N2O6P+. The molecule has 66 heavy (non-hydrogen) atoms. The minimum Gasteiger partial charge on any atom is -0.387 e. The van der Waals surface area contributed by atoms with Gasteiger partial charge in [-0.1, -0.05) is 256 Å². The molecule has 0 spiro atoms. The fraction of sp³-hybridized carbons (Fsp3) is 0.912. The second-order valence-corrected chi connectivity index (χ2v) is 22.5. The summed E-state index contributed by atoms with van der Waals surface area (Å²) < 4.78 is 23.7. The zero-order chi connectivity index (χ0) is 48.5. The van der Waals surface area contributed by atoms with Crippen molar-refractivity contribution in [1.82, 2.24) is 5.32 Å². The van der Waals surface area contributed by atoms with E-state index in [9.17, 15) is 19.4 Å². The van der Waals surface area contributed by atoms with Crippen LogP contribution in [0.4, 0.5) is 0 Å². The van der Waals surface area contributed by atoms with Gasteiger partial charge >= 0.3 is 7.82 Å². The van der Waals surface area contributed by atoms with Crippen LogP contribution in [0.15, 0.2) is 24.3 Å². The van der Waals surface area contributed by atoms with Crippen molar-refractivity contribution < 1.29 is 32.9 Å². The Morgan fingerprint density at radius 2 is 0.818 bits per heavy atom. The van der Waals surface area contributed by atoms with Crippen molar-refractivity contribution in [2.45, 2.75) is 296 Å². The summed E-state index contributed by atoms with van der Waals surface area (Å²) in [5.41, 5.74) is 0. The van der Waals surface area contributed by atoms with Crippen molar-refractivity contribution in [1.29, 1.82) is 0 Å². The molecule has 0 fully saturated rings. The van der Waals surface area contributed by atoms with Gasteiger partial charge in [-0.3, -0.25) is 13.8 Å². The standard InChI is InChI=1S/C57H113N2O6P/c1-6-8-10-12-14-16-18-20-22-24-26-27-28-29-30-31-33-35-37-39-41-43-45-47-49-51-57(61)58-55(54-65-66(62,63)64-53-52-59(3,4)5)56(60)50-48-46-44-42-40-38-36-34-32-25-23-21-19-17-15-13-11-9-7-2/h24,26,48,50,55-56,60H,6-23,25,27-47,49,51-54H2,1-5H3,(H-,58,61,62,63)/p+1/b26-24-,50-48+. The molecule has 0 saturated heterocycles. The predicted octanol–water partition coefficient (Wildman–Crippen LogP) is 17.2. The summed E-state index contributed by atoms with van der Waals surface area (Å²) in [7, 11) is 1.58. The van der Waals surface area contributed by atoms with Crippen molar-refractivity contribution in [3.8, 4) is 0 Å². The number of phosphoric acid groups is 1. The van der Waals surface area contributed by atoms with Crippen LogP contribution in [0, 0.1) is 0 Å². The number of quaternary nitrogens is 1. The molecule has 9 heteroatoms. The van der Waals surface area contributed by atoms with E-state index in [1.165, 1.54) is 231 Å². The van der Waals surface area contributed by atoms with Gasteiger partial charge in [0, 0.05) is 6.42 Å². The maximum Gasteiger partial charge on any atom is 0.472 e. The predicted molar refractivity (Wildman–Crippen MR) is 286 cm³/mol. The first-order valence-electron chi connectivity index (χ1n) is 28.7. The number of amides is 1. The molecule has 0 aliphatic heterocycles. The van der Waals surface area contributed by atoms with Crippen molar-refractivity contribution in [2.24, 2.45) is 0 Å². The Hall–Kier alpha value is -1.02. The topological polar surface area (TPSA) is 105 Å². The van der Waals surface area contributed by atoms with Crippen molar-refractivity contribution in [3.63, 3.8) is 0 Å². The van der Waals surface area contributed by atoms with E-state index in [0.29, 0.717) is 17.4 Å². The van der Waals surface area contributed by atoms with Crippen LogP contribution in [-0.2, 0) is 18.4 Å². The fourth-order valence-electron chi connectivity index (χ4n) is 8.63. The van der Waals surface area contributed by atoms with Crippen LogP contribution in [0.5, 0.6) is 0 Å². The summed E-state index contributed by atoms with van der Waals surface area (Å²) in [6.45, 7) is 4.85. The molecule has 0 aliphatic rings. The Morgan fingerprint density at radius 1 is 0.500 bits per heavy atom.